The van der Waals surface area contributed by atoms with Crippen molar-refractivity contribution >= 4 is 23.4 Å². The lowest BCUT2D eigenvalue weighted by molar-refractivity contribution is -0.121. The van der Waals surface area contributed by atoms with Gasteiger partial charge in [-0.2, -0.15) is 0 Å². The highest BCUT2D eigenvalue weighted by Gasteiger charge is 2.11. The third kappa shape index (κ3) is 6.80. The Morgan fingerprint density at radius 2 is 1.47 bits per heavy atom. The van der Waals surface area contributed by atoms with E-state index in [4.69, 9.17) is 9.47 Å². The molecule has 8 nitrogen and oxygen atoms in total. The molecule has 30 heavy (non-hydrogen) atoms. The van der Waals surface area contributed by atoms with Crippen molar-refractivity contribution in [3.63, 3.8) is 0 Å². The molecule has 0 saturated heterocycles. The number of carbonyl (C=O) groups excluding carboxylic acids is 3. The van der Waals surface area contributed by atoms with Crippen LogP contribution in [0.3, 0.4) is 0 Å². The van der Waals surface area contributed by atoms with Crippen molar-refractivity contribution in [3.8, 4) is 11.5 Å². The average Bonchev–Trinajstić information content (AvgIpc) is 2.74. The fourth-order valence-electron chi connectivity index (χ4n) is 2.59. The lowest BCUT2D eigenvalue weighted by Crippen LogP contribution is -2.42. The monoisotopic (exact) mass is 413 g/mol. The molecule has 0 heterocycles. The fourth-order valence-corrected chi connectivity index (χ4v) is 2.59. The lowest BCUT2D eigenvalue weighted by atomic mass is 10.1. The van der Waals surface area contributed by atoms with Crippen LogP contribution in [0, 0.1) is 0 Å². The van der Waals surface area contributed by atoms with Gasteiger partial charge < -0.3 is 14.8 Å². The van der Waals surface area contributed by atoms with Crippen molar-refractivity contribution in [2.24, 2.45) is 0 Å². The number of benzene rings is 2. The Balaban J connectivity index is 1.90. The topological polar surface area (TPSA) is 106 Å². The first-order valence-corrected chi connectivity index (χ1v) is 9.84. The summed E-state index contributed by atoms with van der Waals surface area (Å²) in [4.78, 5) is 35.8. The summed E-state index contributed by atoms with van der Waals surface area (Å²) in [6, 6.07) is 11.7. The molecule has 3 amide bonds. The number of hydrogen-bond acceptors (Lipinski definition) is 5. The van der Waals surface area contributed by atoms with E-state index in [9.17, 15) is 14.4 Å². The van der Waals surface area contributed by atoms with Crippen molar-refractivity contribution in [2.45, 2.75) is 33.6 Å². The predicted octanol–water partition coefficient (Wildman–Crippen LogP) is 2.84. The molecule has 0 aliphatic heterocycles. The van der Waals surface area contributed by atoms with E-state index in [2.05, 4.69) is 16.2 Å². The lowest BCUT2D eigenvalue weighted by Gasteiger charge is -2.13. The van der Waals surface area contributed by atoms with E-state index in [1.54, 1.807) is 49.4 Å². The predicted molar refractivity (Wildman–Crippen MR) is 113 cm³/mol. The molecule has 3 N–H and O–H groups in total. The van der Waals surface area contributed by atoms with Gasteiger partial charge in [-0.3, -0.25) is 25.2 Å². The maximum absolute atomic E-state index is 12.2. The molecule has 0 spiro atoms. The third-order valence-electron chi connectivity index (χ3n) is 4.04. The molecule has 0 aliphatic rings. The van der Waals surface area contributed by atoms with Crippen molar-refractivity contribution in [1.82, 2.24) is 10.9 Å². The smallest absolute Gasteiger partial charge is 0.269 e. The highest BCUT2D eigenvalue weighted by molar-refractivity contribution is 5.96. The Morgan fingerprint density at radius 3 is 2.10 bits per heavy atom. The second kappa shape index (κ2) is 11.5. The third-order valence-corrected chi connectivity index (χ3v) is 4.04. The van der Waals surface area contributed by atoms with Crippen LogP contribution in [0.25, 0.3) is 0 Å². The van der Waals surface area contributed by atoms with Crippen LogP contribution in [-0.2, 0) is 16.0 Å². The second-order valence-corrected chi connectivity index (χ2v) is 6.31. The highest BCUT2D eigenvalue weighted by atomic mass is 16.5. The minimum absolute atomic E-state index is 0.0642. The van der Waals surface area contributed by atoms with Crippen molar-refractivity contribution < 1.29 is 23.9 Å². The van der Waals surface area contributed by atoms with E-state index in [1.165, 1.54) is 0 Å². The van der Waals surface area contributed by atoms with Gasteiger partial charge in [0.25, 0.3) is 5.91 Å². The second-order valence-electron chi connectivity index (χ2n) is 6.31. The zero-order valence-electron chi connectivity index (χ0n) is 17.4. The first kappa shape index (κ1) is 22.7. The van der Waals surface area contributed by atoms with E-state index in [0.29, 0.717) is 42.4 Å². The molecular weight excluding hydrogens is 386 g/mol. The summed E-state index contributed by atoms with van der Waals surface area (Å²) in [6.45, 7) is 6.50. The van der Waals surface area contributed by atoms with Crippen molar-refractivity contribution in [3.05, 3.63) is 53.6 Å². The summed E-state index contributed by atoms with van der Waals surface area (Å²) in [7, 11) is 0. The van der Waals surface area contributed by atoms with Crippen LogP contribution in [0.5, 0.6) is 11.5 Å². The molecule has 0 bridgehead atoms. The van der Waals surface area contributed by atoms with Crippen LogP contribution in [0.1, 0.15) is 43.1 Å². The molecule has 0 radical (unpaired) electrons. The van der Waals surface area contributed by atoms with Crippen LogP contribution in [-0.4, -0.2) is 30.9 Å². The minimum atomic E-state index is -0.460. The Morgan fingerprint density at radius 1 is 0.800 bits per heavy atom. The van der Waals surface area contributed by atoms with Gasteiger partial charge in [0.05, 0.1) is 19.6 Å². The molecule has 0 aromatic heterocycles. The largest absolute Gasteiger partial charge is 0.490 e. The molecule has 2 aromatic rings. The first-order valence-electron chi connectivity index (χ1n) is 9.84. The van der Waals surface area contributed by atoms with Gasteiger partial charge in [0.15, 0.2) is 11.5 Å². The molecule has 0 atom stereocenters. The summed E-state index contributed by atoms with van der Waals surface area (Å²) >= 11 is 0. The van der Waals surface area contributed by atoms with Crippen molar-refractivity contribution in [2.75, 3.05) is 18.5 Å². The van der Waals surface area contributed by atoms with E-state index < -0.39 is 5.91 Å². The average molecular weight is 413 g/mol. The zero-order valence-corrected chi connectivity index (χ0v) is 17.4. The van der Waals surface area contributed by atoms with Crippen LogP contribution < -0.4 is 25.6 Å². The van der Waals surface area contributed by atoms with Crippen molar-refractivity contribution in [1.29, 1.82) is 0 Å². The van der Waals surface area contributed by atoms with E-state index >= 15 is 0 Å². The van der Waals surface area contributed by atoms with Gasteiger partial charge in [-0.15, -0.1) is 0 Å². The summed E-state index contributed by atoms with van der Waals surface area (Å²) in [6.07, 6.45) is 0.434. The van der Waals surface area contributed by atoms with Gasteiger partial charge in [-0.1, -0.05) is 13.0 Å². The van der Waals surface area contributed by atoms with Gasteiger partial charge in [0.1, 0.15) is 0 Å². The summed E-state index contributed by atoms with van der Waals surface area (Å²) in [5, 5.41) is 2.70. The summed E-state index contributed by atoms with van der Waals surface area (Å²) in [5.74, 6) is 0.251. The fraction of sp³-hybridized carbons (Fsp3) is 0.318. The number of carbonyl (C=O) groups is 3. The van der Waals surface area contributed by atoms with Crippen LogP contribution in [0.2, 0.25) is 0 Å². The molecule has 2 rings (SSSR count). The Kier molecular flexibility index (Phi) is 8.68. The molecular formula is C22H27N3O5. The van der Waals surface area contributed by atoms with Gasteiger partial charge in [-0.05, 0) is 55.8 Å². The maximum Gasteiger partial charge on any atom is 0.269 e. The number of hydrogen-bond donors (Lipinski definition) is 3. The molecule has 0 aliphatic carbocycles. The molecule has 0 fully saturated rings. The maximum atomic E-state index is 12.2. The molecule has 2 aromatic carbocycles. The van der Waals surface area contributed by atoms with Crippen LogP contribution in [0.4, 0.5) is 5.69 Å². The van der Waals surface area contributed by atoms with Gasteiger partial charge in [-0.25, -0.2) is 0 Å². The number of ether oxygens (including phenoxy) is 2. The molecule has 160 valence electrons. The number of anilines is 1. The molecule has 8 heteroatoms. The molecule has 0 saturated carbocycles. The summed E-state index contributed by atoms with van der Waals surface area (Å²) in [5.41, 5.74) is 6.45. The quantitative estimate of drug-likeness (QED) is 0.548. The van der Waals surface area contributed by atoms with E-state index in [0.717, 1.165) is 5.56 Å². The number of nitrogens with one attached hydrogen (secondary N) is 3. The standard InChI is InChI=1S/C22H27N3O5/c1-4-20(26)23-17-10-8-16(9-11-17)22(28)25-24-21(27)14-15-7-12-18(29-5-2)19(13-15)30-6-3/h7-13H,4-6,14H2,1-3H3,(H,23,26)(H,24,27)(H,25,28). The molecule has 0 unspecified atom stereocenters. The Bertz CT molecular complexity index is 881. The highest BCUT2D eigenvalue weighted by Crippen LogP contribution is 2.28. The zero-order chi connectivity index (χ0) is 21.9. The Hall–Kier alpha value is -3.55. The number of hydrazine groups is 1. The SMILES string of the molecule is CCOc1ccc(CC(=O)NNC(=O)c2ccc(NC(=O)CC)cc2)cc1OCC. The number of rotatable bonds is 9. The van der Waals surface area contributed by atoms with E-state index in [-0.39, 0.29) is 18.2 Å². The first-order chi connectivity index (χ1) is 14.5. The number of amides is 3. The normalized spacial score (nSPS) is 10.1. The summed E-state index contributed by atoms with van der Waals surface area (Å²) < 4.78 is 11.1. The van der Waals surface area contributed by atoms with E-state index in [1.807, 2.05) is 13.8 Å². The van der Waals surface area contributed by atoms with Gasteiger partial charge in [0, 0.05) is 17.7 Å². The van der Waals surface area contributed by atoms with Crippen LogP contribution in [0.15, 0.2) is 42.5 Å². The van der Waals surface area contributed by atoms with Gasteiger partial charge >= 0.3 is 0 Å². The van der Waals surface area contributed by atoms with Gasteiger partial charge in [0.2, 0.25) is 11.8 Å². The Labute approximate surface area is 175 Å². The van der Waals surface area contributed by atoms with Crippen LogP contribution >= 0.6 is 0 Å². The minimum Gasteiger partial charge on any atom is -0.490 e.